The molecule has 0 aromatic carbocycles. The zero-order valence-corrected chi connectivity index (χ0v) is 45.3. The Kier molecular flexibility index (Phi) is 51.5. The van der Waals surface area contributed by atoms with Gasteiger partial charge in [0.25, 0.3) is 0 Å². The molecular weight excluding hydrogens is 817 g/mol. The number of esters is 3. The lowest BCUT2D eigenvalue weighted by molar-refractivity contribution is -0.167. The lowest BCUT2D eigenvalue weighted by atomic mass is 10.0. The van der Waals surface area contributed by atoms with Crippen LogP contribution in [0, 0.1) is 11.8 Å². The van der Waals surface area contributed by atoms with Gasteiger partial charge in [0.2, 0.25) is 0 Å². The molecule has 0 fully saturated rings. The van der Waals surface area contributed by atoms with Crippen LogP contribution in [-0.2, 0) is 28.6 Å². The van der Waals surface area contributed by atoms with Crippen LogP contribution in [0.15, 0.2) is 0 Å². The molecule has 0 aliphatic carbocycles. The van der Waals surface area contributed by atoms with Gasteiger partial charge in [-0.25, -0.2) is 0 Å². The minimum atomic E-state index is -0.763. The highest BCUT2D eigenvalue weighted by Gasteiger charge is 2.19. The van der Waals surface area contributed by atoms with Crippen LogP contribution in [0.25, 0.3) is 0 Å². The van der Waals surface area contributed by atoms with Gasteiger partial charge in [-0.2, -0.15) is 0 Å². The van der Waals surface area contributed by atoms with Crippen molar-refractivity contribution in [3.8, 4) is 0 Å². The second-order valence-corrected chi connectivity index (χ2v) is 21.6. The van der Waals surface area contributed by atoms with E-state index in [0.717, 1.165) is 69.6 Å². The van der Waals surface area contributed by atoms with Gasteiger partial charge in [0.15, 0.2) is 6.10 Å². The number of carbonyl (C=O) groups excluding carboxylic acids is 3. The summed E-state index contributed by atoms with van der Waals surface area (Å²) in [5.41, 5.74) is 0. The molecule has 392 valence electrons. The van der Waals surface area contributed by atoms with Crippen molar-refractivity contribution in [1.29, 1.82) is 0 Å². The van der Waals surface area contributed by atoms with Crippen molar-refractivity contribution in [3.63, 3.8) is 0 Å². The van der Waals surface area contributed by atoms with Gasteiger partial charge >= 0.3 is 17.9 Å². The Morgan fingerprint density at radius 2 is 0.500 bits per heavy atom. The van der Waals surface area contributed by atoms with E-state index in [9.17, 15) is 14.4 Å². The highest BCUT2D eigenvalue weighted by molar-refractivity contribution is 5.71. The first-order chi connectivity index (χ1) is 32.2. The Morgan fingerprint density at radius 1 is 0.288 bits per heavy atom. The Labute approximate surface area is 412 Å². The largest absolute Gasteiger partial charge is 0.462 e. The fourth-order valence-corrected chi connectivity index (χ4v) is 9.23. The first-order valence-electron chi connectivity index (χ1n) is 29.7. The summed E-state index contributed by atoms with van der Waals surface area (Å²) in [5.74, 6) is 0.827. The van der Waals surface area contributed by atoms with Crippen LogP contribution >= 0.6 is 0 Å². The van der Waals surface area contributed by atoms with Gasteiger partial charge in [0.1, 0.15) is 13.2 Å². The molecule has 0 aliphatic heterocycles. The summed E-state index contributed by atoms with van der Waals surface area (Å²) < 4.78 is 16.9. The molecule has 0 heterocycles. The number of unbranched alkanes of at least 4 members (excludes halogenated alkanes) is 39. The van der Waals surface area contributed by atoms with Gasteiger partial charge in [-0.15, -0.1) is 0 Å². The fraction of sp³-hybridized carbons (Fsp3) is 0.950. The van der Waals surface area contributed by atoms with Crippen molar-refractivity contribution in [2.24, 2.45) is 11.8 Å². The van der Waals surface area contributed by atoms with Gasteiger partial charge < -0.3 is 14.2 Å². The van der Waals surface area contributed by atoms with E-state index >= 15 is 0 Å². The molecule has 0 rings (SSSR count). The lowest BCUT2D eigenvalue weighted by Gasteiger charge is -2.18. The van der Waals surface area contributed by atoms with E-state index in [-0.39, 0.29) is 31.1 Å². The first-order valence-corrected chi connectivity index (χ1v) is 29.7. The van der Waals surface area contributed by atoms with E-state index in [4.69, 9.17) is 14.2 Å². The summed E-state index contributed by atoms with van der Waals surface area (Å²) in [5, 5.41) is 0. The lowest BCUT2D eigenvalue weighted by Crippen LogP contribution is -2.30. The highest BCUT2D eigenvalue weighted by Crippen LogP contribution is 2.18. The molecule has 0 bridgehead atoms. The monoisotopic (exact) mass is 933 g/mol. The maximum absolute atomic E-state index is 12.9. The minimum absolute atomic E-state index is 0.0626. The second-order valence-electron chi connectivity index (χ2n) is 21.6. The molecule has 0 spiro atoms. The van der Waals surface area contributed by atoms with Crippen LogP contribution in [0.2, 0.25) is 0 Å². The fourth-order valence-electron chi connectivity index (χ4n) is 9.23. The van der Waals surface area contributed by atoms with Crippen LogP contribution in [0.4, 0.5) is 0 Å². The average molecular weight is 934 g/mol. The molecule has 0 aromatic rings. The number of carbonyl (C=O) groups is 3. The zero-order valence-electron chi connectivity index (χ0n) is 45.3. The molecule has 0 saturated carbocycles. The Morgan fingerprint density at radius 3 is 0.742 bits per heavy atom. The van der Waals surface area contributed by atoms with Gasteiger partial charge in [0, 0.05) is 19.3 Å². The smallest absolute Gasteiger partial charge is 0.306 e. The number of hydrogen-bond donors (Lipinski definition) is 0. The molecule has 0 N–H and O–H groups in total. The van der Waals surface area contributed by atoms with Gasteiger partial charge in [-0.05, 0) is 31.1 Å². The minimum Gasteiger partial charge on any atom is -0.462 e. The number of hydrogen-bond acceptors (Lipinski definition) is 6. The molecule has 1 atom stereocenters. The van der Waals surface area contributed by atoms with Gasteiger partial charge in [-0.1, -0.05) is 298 Å². The van der Waals surface area contributed by atoms with Crippen LogP contribution < -0.4 is 0 Å². The number of ether oxygens (including phenoxy) is 3. The normalized spacial score (nSPS) is 12.0. The van der Waals surface area contributed by atoms with Crippen molar-refractivity contribution in [3.05, 3.63) is 0 Å². The zero-order chi connectivity index (χ0) is 48.2. The molecule has 0 amide bonds. The summed E-state index contributed by atoms with van der Waals surface area (Å²) in [6.07, 6.45) is 56.7. The maximum atomic E-state index is 12.9. The summed E-state index contributed by atoms with van der Waals surface area (Å²) in [7, 11) is 0. The summed E-state index contributed by atoms with van der Waals surface area (Å²) >= 11 is 0. The third kappa shape index (κ3) is 53.4. The van der Waals surface area contributed by atoms with Crippen molar-refractivity contribution in [1.82, 2.24) is 0 Å². The third-order valence-corrected chi connectivity index (χ3v) is 13.7. The SMILES string of the molecule is CCCCCCCCCCCCCCCCCCCCC(=O)OC[C@H](COC(=O)CCCCCCCCCCCCCCCC(C)C)OC(=O)CCCCCCCCCCCCCC(C)C. The quantitative estimate of drug-likeness (QED) is 0.0343. The molecule has 66 heavy (non-hydrogen) atoms. The predicted molar refractivity (Wildman–Crippen MR) is 284 cm³/mol. The molecular formula is C60H116O6. The average Bonchev–Trinajstić information content (AvgIpc) is 3.29. The molecule has 0 unspecified atom stereocenters. The molecule has 0 saturated heterocycles. The van der Waals surface area contributed by atoms with Gasteiger partial charge in [-0.3, -0.25) is 14.4 Å². The molecule has 0 aromatic heterocycles. The number of rotatable bonds is 54. The summed E-state index contributed by atoms with van der Waals surface area (Å²) in [4.78, 5) is 38.2. The Bertz CT molecular complexity index is 1010. The van der Waals surface area contributed by atoms with Crippen LogP contribution in [0.5, 0.6) is 0 Å². The van der Waals surface area contributed by atoms with E-state index in [1.165, 1.54) is 225 Å². The molecule has 0 radical (unpaired) electrons. The van der Waals surface area contributed by atoms with Crippen molar-refractivity contribution in [2.75, 3.05) is 13.2 Å². The van der Waals surface area contributed by atoms with Gasteiger partial charge in [0.05, 0.1) is 0 Å². The van der Waals surface area contributed by atoms with Crippen molar-refractivity contribution >= 4 is 17.9 Å². The first kappa shape index (κ1) is 64.4. The van der Waals surface area contributed by atoms with E-state index in [1.54, 1.807) is 0 Å². The van der Waals surface area contributed by atoms with E-state index in [2.05, 4.69) is 34.6 Å². The molecule has 6 heteroatoms. The van der Waals surface area contributed by atoms with E-state index in [0.29, 0.717) is 19.3 Å². The summed E-state index contributed by atoms with van der Waals surface area (Å²) in [6, 6.07) is 0. The predicted octanol–water partition coefficient (Wildman–Crippen LogP) is 19.7. The van der Waals surface area contributed by atoms with Crippen LogP contribution in [-0.4, -0.2) is 37.2 Å². The topological polar surface area (TPSA) is 78.9 Å². The Balaban J connectivity index is 4.28. The van der Waals surface area contributed by atoms with Crippen LogP contribution in [0.1, 0.15) is 336 Å². The standard InChI is InChI=1S/C60H116O6/c1-6-7-8-9-10-11-12-13-14-15-16-17-20-25-30-35-40-45-50-58(61)64-53-57(66-60(63)52-47-42-37-32-27-22-24-29-34-39-44-49-56(4)5)54-65-59(62)51-46-41-36-31-26-21-18-19-23-28-33-38-43-48-55(2)3/h55-57H,6-54H2,1-5H3/t57-/m1/s1. The Hall–Kier alpha value is -1.59. The highest BCUT2D eigenvalue weighted by atomic mass is 16.6. The van der Waals surface area contributed by atoms with Crippen LogP contribution in [0.3, 0.4) is 0 Å². The van der Waals surface area contributed by atoms with Crippen molar-refractivity contribution in [2.45, 2.75) is 343 Å². The molecule has 0 aliphatic rings. The van der Waals surface area contributed by atoms with E-state index in [1.807, 2.05) is 0 Å². The maximum Gasteiger partial charge on any atom is 0.306 e. The second kappa shape index (κ2) is 52.8. The van der Waals surface area contributed by atoms with E-state index < -0.39 is 6.10 Å². The molecule has 6 nitrogen and oxygen atoms in total. The summed E-state index contributed by atoms with van der Waals surface area (Å²) in [6.45, 7) is 11.4. The third-order valence-electron chi connectivity index (χ3n) is 13.7. The van der Waals surface area contributed by atoms with Crippen molar-refractivity contribution < 1.29 is 28.6 Å².